The first-order valence-electron chi connectivity index (χ1n) is 7.49. The number of aromatic nitrogens is 2. The van der Waals surface area contributed by atoms with Gasteiger partial charge in [0.15, 0.2) is 0 Å². The highest BCUT2D eigenvalue weighted by Gasteiger charge is 2.39. The zero-order chi connectivity index (χ0) is 15.0. The first kappa shape index (κ1) is 15.0. The van der Waals surface area contributed by atoms with Crippen LogP contribution < -0.4 is 16.2 Å². The number of halogens is 1. The molecule has 1 aromatic rings. The molecule has 3 unspecified atom stereocenters. The molecule has 3 N–H and O–H groups in total. The maximum Gasteiger partial charge on any atom is 0.283 e. The Kier molecular flexibility index (Phi) is 4.33. The minimum Gasteiger partial charge on any atom is -0.394 e. The van der Waals surface area contributed by atoms with Gasteiger partial charge in [0, 0.05) is 19.1 Å². The Morgan fingerprint density at radius 1 is 1.43 bits per heavy atom. The fraction of sp³-hybridized carbons (Fsp3) is 0.714. The number of aliphatic hydroxyl groups excluding tert-OH is 1. The summed E-state index contributed by atoms with van der Waals surface area (Å²) in [4.78, 5) is 14.4. The lowest BCUT2D eigenvalue weighted by Crippen LogP contribution is -2.38. The average molecular weight is 357 g/mol. The summed E-state index contributed by atoms with van der Waals surface area (Å²) in [7, 11) is 0. The van der Waals surface area contributed by atoms with Crippen LogP contribution in [0.3, 0.4) is 0 Å². The summed E-state index contributed by atoms with van der Waals surface area (Å²) in [5.74, 6) is 1.14. The minimum absolute atomic E-state index is 0.0958. The van der Waals surface area contributed by atoms with Crippen LogP contribution in [-0.2, 0) is 6.54 Å². The number of rotatable bonds is 3. The van der Waals surface area contributed by atoms with Crippen LogP contribution in [0, 0.1) is 11.8 Å². The highest BCUT2D eigenvalue weighted by atomic mass is 79.9. The average Bonchev–Trinajstić information content (AvgIpc) is 2.89. The molecular weight excluding hydrogens is 336 g/mol. The number of hydrogen-bond donors (Lipinski definition) is 2. The van der Waals surface area contributed by atoms with Gasteiger partial charge in [0.1, 0.15) is 4.47 Å². The molecule has 0 spiro atoms. The quantitative estimate of drug-likeness (QED) is 0.826. The van der Waals surface area contributed by atoms with Gasteiger partial charge in [-0.1, -0.05) is 6.42 Å². The van der Waals surface area contributed by atoms with Gasteiger partial charge in [0.25, 0.3) is 5.56 Å². The molecule has 2 heterocycles. The predicted molar refractivity (Wildman–Crippen MR) is 84.3 cm³/mol. The van der Waals surface area contributed by atoms with Crippen LogP contribution in [0.2, 0.25) is 0 Å². The Balaban J connectivity index is 1.85. The van der Waals surface area contributed by atoms with Crippen LogP contribution in [0.5, 0.6) is 0 Å². The summed E-state index contributed by atoms with van der Waals surface area (Å²) >= 11 is 3.40. The SMILES string of the molecule is NC1CCCC2CN(c3cnn(CCO)c(=O)c3Br)CC12. The second-order valence-electron chi connectivity index (χ2n) is 6.02. The summed E-state index contributed by atoms with van der Waals surface area (Å²) in [5.41, 5.74) is 6.89. The molecule has 3 rings (SSSR count). The van der Waals surface area contributed by atoms with Gasteiger partial charge < -0.3 is 15.7 Å². The van der Waals surface area contributed by atoms with Gasteiger partial charge in [0.05, 0.1) is 25.0 Å². The third-order valence-corrected chi connectivity index (χ3v) is 5.52. The van der Waals surface area contributed by atoms with Gasteiger partial charge >= 0.3 is 0 Å². The van der Waals surface area contributed by atoms with E-state index < -0.39 is 0 Å². The molecule has 1 aliphatic heterocycles. The third-order valence-electron chi connectivity index (χ3n) is 4.77. The number of nitrogens with two attached hydrogens (primary N) is 1. The van der Waals surface area contributed by atoms with E-state index in [2.05, 4.69) is 25.9 Å². The summed E-state index contributed by atoms with van der Waals surface area (Å²) in [6.07, 6.45) is 5.24. The van der Waals surface area contributed by atoms with Crippen LogP contribution in [0.25, 0.3) is 0 Å². The van der Waals surface area contributed by atoms with E-state index in [1.54, 1.807) is 6.20 Å². The number of hydrogen-bond acceptors (Lipinski definition) is 5. The minimum atomic E-state index is -0.194. The lowest BCUT2D eigenvalue weighted by Gasteiger charge is -2.29. The van der Waals surface area contributed by atoms with E-state index in [-0.39, 0.29) is 24.8 Å². The Morgan fingerprint density at radius 3 is 2.95 bits per heavy atom. The summed E-state index contributed by atoms with van der Waals surface area (Å²) in [6.45, 7) is 1.97. The predicted octanol–water partition coefficient (Wildman–Crippen LogP) is 0.562. The van der Waals surface area contributed by atoms with Crippen LogP contribution in [0.4, 0.5) is 5.69 Å². The van der Waals surface area contributed by atoms with Crippen molar-refractivity contribution in [2.75, 3.05) is 24.6 Å². The Bertz CT molecular complexity index is 577. The van der Waals surface area contributed by atoms with Crippen LogP contribution in [0.15, 0.2) is 15.5 Å². The molecule has 0 amide bonds. The van der Waals surface area contributed by atoms with E-state index in [1.807, 2.05) is 0 Å². The second kappa shape index (κ2) is 6.06. The van der Waals surface area contributed by atoms with Gasteiger partial charge in [0.2, 0.25) is 0 Å². The van der Waals surface area contributed by atoms with Gasteiger partial charge in [-0.15, -0.1) is 0 Å². The molecule has 2 fully saturated rings. The van der Waals surface area contributed by atoms with E-state index in [4.69, 9.17) is 10.8 Å². The summed E-state index contributed by atoms with van der Waals surface area (Å²) < 4.78 is 1.81. The van der Waals surface area contributed by atoms with Gasteiger partial charge in [-0.2, -0.15) is 5.10 Å². The van der Waals surface area contributed by atoms with E-state index in [0.717, 1.165) is 25.2 Å². The largest absolute Gasteiger partial charge is 0.394 e. The Morgan fingerprint density at radius 2 is 2.24 bits per heavy atom. The molecule has 0 radical (unpaired) electrons. The van der Waals surface area contributed by atoms with E-state index in [9.17, 15) is 4.79 Å². The number of fused-ring (bicyclic) bond motifs is 1. The smallest absolute Gasteiger partial charge is 0.283 e. The molecule has 3 atom stereocenters. The standard InChI is InChI=1S/C14H21BrN4O2/c15-13-12(6-17-19(4-5-20)14(13)21)18-7-9-2-1-3-11(16)10(9)8-18/h6,9-11,20H,1-5,7-8,16H2. The molecule has 1 saturated carbocycles. The zero-order valence-corrected chi connectivity index (χ0v) is 13.5. The first-order chi connectivity index (χ1) is 10.1. The molecule has 1 aliphatic carbocycles. The third kappa shape index (κ3) is 2.74. The summed E-state index contributed by atoms with van der Waals surface area (Å²) in [5, 5.41) is 13.1. The van der Waals surface area contributed by atoms with E-state index in [0.29, 0.717) is 16.3 Å². The van der Waals surface area contributed by atoms with Gasteiger partial charge in [-0.25, -0.2) is 4.68 Å². The molecular formula is C14H21BrN4O2. The lowest BCUT2D eigenvalue weighted by atomic mass is 9.78. The maximum absolute atomic E-state index is 12.2. The fourth-order valence-corrected chi connectivity index (χ4v) is 4.20. The van der Waals surface area contributed by atoms with Crippen LogP contribution in [0.1, 0.15) is 19.3 Å². The second-order valence-corrected chi connectivity index (χ2v) is 6.81. The van der Waals surface area contributed by atoms with Crippen LogP contribution >= 0.6 is 15.9 Å². The van der Waals surface area contributed by atoms with Crippen molar-refractivity contribution in [1.82, 2.24) is 9.78 Å². The van der Waals surface area contributed by atoms with Crippen molar-refractivity contribution in [1.29, 1.82) is 0 Å². The number of nitrogens with zero attached hydrogens (tertiary/aromatic N) is 3. The highest BCUT2D eigenvalue weighted by molar-refractivity contribution is 9.10. The topological polar surface area (TPSA) is 84.4 Å². The van der Waals surface area contributed by atoms with Gasteiger partial charge in [-0.05, 0) is 40.6 Å². The van der Waals surface area contributed by atoms with Crippen molar-refractivity contribution >= 4 is 21.6 Å². The van der Waals surface area contributed by atoms with Crippen molar-refractivity contribution in [3.8, 4) is 0 Å². The molecule has 116 valence electrons. The Hall–Kier alpha value is -0.920. The monoisotopic (exact) mass is 356 g/mol. The van der Waals surface area contributed by atoms with Crippen molar-refractivity contribution in [2.24, 2.45) is 17.6 Å². The van der Waals surface area contributed by atoms with Gasteiger partial charge in [-0.3, -0.25) is 4.79 Å². The molecule has 1 saturated heterocycles. The van der Waals surface area contributed by atoms with Crippen molar-refractivity contribution < 1.29 is 5.11 Å². The Labute approximate surface area is 132 Å². The molecule has 0 aromatic carbocycles. The fourth-order valence-electron chi connectivity index (χ4n) is 3.64. The first-order valence-corrected chi connectivity index (χ1v) is 8.28. The number of aliphatic hydroxyl groups is 1. The summed E-state index contributed by atoms with van der Waals surface area (Å²) in [6, 6.07) is 0.273. The van der Waals surface area contributed by atoms with Crippen molar-refractivity contribution in [3.63, 3.8) is 0 Å². The van der Waals surface area contributed by atoms with Crippen molar-refractivity contribution in [3.05, 3.63) is 21.0 Å². The molecule has 0 bridgehead atoms. The van der Waals surface area contributed by atoms with E-state index >= 15 is 0 Å². The molecule has 21 heavy (non-hydrogen) atoms. The molecule has 1 aromatic heterocycles. The van der Waals surface area contributed by atoms with E-state index in [1.165, 1.54) is 17.5 Å². The van der Waals surface area contributed by atoms with Crippen LogP contribution in [-0.4, -0.2) is 40.6 Å². The highest BCUT2D eigenvalue weighted by Crippen LogP contribution is 2.38. The normalized spacial score (nSPS) is 28.7. The lowest BCUT2D eigenvalue weighted by molar-refractivity contribution is 0.260. The molecule has 6 nitrogen and oxygen atoms in total. The molecule has 2 aliphatic rings. The zero-order valence-electron chi connectivity index (χ0n) is 11.9. The van der Waals surface area contributed by atoms with Crippen molar-refractivity contribution in [2.45, 2.75) is 31.8 Å². The number of anilines is 1. The molecule has 7 heteroatoms. The maximum atomic E-state index is 12.2.